The topological polar surface area (TPSA) is 0 Å². The summed E-state index contributed by atoms with van der Waals surface area (Å²) >= 11 is 0. The molecule has 1 aromatic rings. The molecule has 0 aromatic heterocycles. The first-order valence-electron chi connectivity index (χ1n) is 4.33. The molecule has 66 valence electrons. The normalized spacial score (nSPS) is 10.4. The Morgan fingerprint density at radius 2 is 1.75 bits per heavy atom. The molecule has 0 unspecified atom stereocenters. The van der Waals surface area contributed by atoms with Crippen molar-refractivity contribution in [2.45, 2.75) is 34.1 Å². The molecule has 0 heterocycles. The molecule has 0 aliphatic carbocycles. The second-order valence-corrected chi connectivity index (χ2v) is 3.27. The van der Waals surface area contributed by atoms with E-state index in [-0.39, 0.29) is 5.82 Å². The lowest BCUT2D eigenvalue weighted by molar-refractivity contribution is 0.606. The van der Waals surface area contributed by atoms with E-state index in [0.29, 0.717) is 0 Å². The molecule has 0 amide bonds. The lowest BCUT2D eigenvalue weighted by atomic mass is 9.98. The number of rotatable bonds is 1. The van der Waals surface area contributed by atoms with Gasteiger partial charge >= 0.3 is 0 Å². The zero-order valence-electron chi connectivity index (χ0n) is 8.16. The molecule has 1 aromatic carbocycles. The highest BCUT2D eigenvalue weighted by molar-refractivity contribution is 5.38. The Morgan fingerprint density at radius 1 is 1.17 bits per heavy atom. The van der Waals surface area contributed by atoms with Crippen molar-refractivity contribution in [3.8, 4) is 0 Å². The summed E-state index contributed by atoms with van der Waals surface area (Å²) in [7, 11) is 0. The molecule has 0 fully saturated rings. The van der Waals surface area contributed by atoms with E-state index in [4.69, 9.17) is 0 Å². The fourth-order valence-corrected chi connectivity index (χ4v) is 1.50. The lowest BCUT2D eigenvalue weighted by Gasteiger charge is -2.09. The van der Waals surface area contributed by atoms with Crippen molar-refractivity contribution >= 4 is 0 Å². The van der Waals surface area contributed by atoms with E-state index in [2.05, 4.69) is 6.92 Å². The van der Waals surface area contributed by atoms with Gasteiger partial charge < -0.3 is 0 Å². The number of halogens is 1. The number of aryl methyl sites for hydroxylation is 2. The molecule has 0 nitrogen and oxygen atoms in total. The van der Waals surface area contributed by atoms with Crippen LogP contribution in [0.15, 0.2) is 6.07 Å². The largest absolute Gasteiger partial charge is 0.206 e. The zero-order chi connectivity index (χ0) is 9.30. The Labute approximate surface area is 73.4 Å². The van der Waals surface area contributed by atoms with Gasteiger partial charge in [0, 0.05) is 0 Å². The molecule has 0 radical (unpaired) electrons. The molecule has 12 heavy (non-hydrogen) atoms. The van der Waals surface area contributed by atoms with Gasteiger partial charge in [-0.3, -0.25) is 0 Å². The zero-order valence-corrected chi connectivity index (χ0v) is 8.16. The van der Waals surface area contributed by atoms with E-state index in [1.807, 2.05) is 26.8 Å². The van der Waals surface area contributed by atoms with Gasteiger partial charge in [-0.15, -0.1) is 0 Å². The quantitative estimate of drug-likeness (QED) is 0.600. The van der Waals surface area contributed by atoms with Gasteiger partial charge in [0.1, 0.15) is 5.82 Å². The van der Waals surface area contributed by atoms with Crippen molar-refractivity contribution < 1.29 is 4.39 Å². The minimum absolute atomic E-state index is 0.0512. The molecule has 0 N–H and O–H groups in total. The summed E-state index contributed by atoms with van der Waals surface area (Å²) in [5, 5.41) is 0. The smallest absolute Gasteiger partial charge is 0.129 e. The lowest BCUT2D eigenvalue weighted by Crippen LogP contribution is -1.97. The van der Waals surface area contributed by atoms with Crippen LogP contribution in [0.2, 0.25) is 0 Å². The van der Waals surface area contributed by atoms with Crippen LogP contribution >= 0.6 is 0 Å². The summed E-state index contributed by atoms with van der Waals surface area (Å²) in [6.07, 6.45) is 0.980. The minimum atomic E-state index is -0.0512. The predicted molar refractivity (Wildman–Crippen MR) is 50.0 cm³/mol. The van der Waals surface area contributed by atoms with E-state index in [1.54, 1.807) is 0 Å². The van der Waals surface area contributed by atoms with Crippen LogP contribution in [0.5, 0.6) is 0 Å². The van der Waals surface area contributed by atoms with Crippen molar-refractivity contribution in [2.24, 2.45) is 0 Å². The van der Waals surface area contributed by atoms with E-state index in [0.717, 1.165) is 23.1 Å². The Balaban J connectivity index is 3.39. The summed E-state index contributed by atoms with van der Waals surface area (Å²) < 4.78 is 13.3. The third kappa shape index (κ3) is 1.36. The average molecular weight is 166 g/mol. The fourth-order valence-electron chi connectivity index (χ4n) is 1.50. The Hall–Kier alpha value is -0.850. The first-order chi connectivity index (χ1) is 5.57. The standard InChI is InChI=1S/C11H15F/c1-5-10-6-7(2)11(12)9(4)8(10)3/h6H,5H2,1-4H3. The van der Waals surface area contributed by atoms with E-state index in [9.17, 15) is 4.39 Å². The molecule has 0 spiro atoms. The molecule has 0 bridgehead atoms. The van der Waals surface area contributed by atoms with Crippen LogP contribution in [0.4, 0.5) is 4.39 Å². The van der Waals surface area contributed by atoms with Crippen LogP contribution in [-0.4, -0.2) is 0 Å². The van der Waals surface area contributed by atoms with Gasteiger partial charge in [0.05, 0.1) is 0 Å². The number of hydrogen-bond acceptors (Lipinski definition) is 0. The maximum Gasteiger partial charge on any atom is 0.129 e. The molecule has 0 saturated carbocycles. The second kappa shape index (κ2) is 3.26. The van der Waals surface area contributed by atoms with Gasteiger partial charge in [-0.25, -0.2) is 4.39 Å². The summed E-state index contributed by atoms with van der Waals surface area (Å²) in [6, 6.07) is 1.94. The van der Waals surface area contributed by atoms with Gasteiger partial charge in [0.2, 0.25) is 0 Å². The SMILES string of the molecule is CCc1cc(C)c(F)c(C)c1C. The van der Waals surface area contributed by atoms with Crippen LogP contribution in [0.1, 0.15) is 29.2 Å². The van der Waals surface area contributed by atoms with Crippen LogP contribution in [0, 0.1) is 26.6 Å². The summed E-state index contributed by atoms with van der Waals surface area (Å²) in [5.74, 6) is -0.0512. The Morgan fingerprint density at radius 3 is 2.25 bits per heavy atom. The average Bonchev–Trinajstić information content (AvgIpc) is 2.08. The van der Waals surface area contributed by atoms with Crippen LogP contribution in [0.3, 0.4) is 0 Å². The maximum atomic E-state index is 13.3. The number of benzene rings is 1. The van der Waals surface area contributed by atoms with E-state index < -0.39 is 0 Å². The highest BCUT2D eigenvalue weighted by Gasteiger charge is 2.07. The monoisotopic (exact) mass is 166 g/mol. The molecular weight excluding hydrogens is 151 g/mol. The van der Waals surface area contributed by atoms with E-state index in [1.165, 1.54) is 5.56 Å². The van der Waals surface area contributed by atoms with Crippen molar-refractivity contribution in [3.63, 3.8) is 0 Å². The molecule has 0 aliphatic heterocycles. The molecule has 0 atom stereocenters. The molecule has 0 saturated heterocycles. The van der Waals surface area contributed by atoms with E-state index >= 15 is 0 Å². The van der Waals surface area contributed by atoms with Gasteiger partial charge in [0.15, 0.2) is 0 Å². The van der Waals surface area contributed by atoms with Crippen LogP contribution < -0.4 is 0 Å². The van der Waals surface area contributed by atoms with Crippen molar-refractivity contribution in [2.75, 3.05) is 0 Å². The van der Waals surface area contributed by atoms with Gasteiger partial charge in [-0.1, -0.05) is 13.0 Å². The third-order valence-corrected chi connectivity index (χ3v) is 2.49. The highest BCUT2D eigenvalue weighted by atomic mass is 19.1. The molecule has 1 heteroatoms. The van der Waals surface area contributed by atoms with Crippen molar-refractivity contribution in [1.82, 2.24) is 0 Å². The van der Waals surface area contributed by atoms with Gasteiger partial charge in [0.25, 0.3) is 0 Å². The fraction of sp³-hybridized carbons (Fsp3) is 0.455. The van der Waals surface area contributed by atoms with Gasteiger partial charge in [-0.05, 0) is 49.4 Å². The first-order valence-corrected chi connectivity index (χ1v) is 4.33. The maximum absolute atomic E-state index is 13.3. The Bertz CT molecular complexity index is 300. The van der Waals surface area contributed by atoms with Crippen molar-refractivity contribution in [3.05, 3.63) is 34.1 Å². The molecule has 0 aliphatic rings. The summed E-state index contributed by atoms with van der Waals surface area (Å²) in [6.45, 7) is 7.74. The second-order valence-electron chi connectivity index (χ2n) is 3.27. The summed E-state index contributed by atoms with van der Waals surface area (Å²) in [5.41, 5.74) is 3.91. The van der Waals surface area contributed by atoms with Crippen molar-refractivity contribution in [1.29, 1.82) is 0 Å². The van der Waals surface area contributed by atoms with Crippen LogP contribution in [0.25, 0.3) is 0 Å². The summed E-state index contributed by atoms with van der Waals surface area (Å²) in [4.78, 5) is 0. The Kier molecular flexibility index (Phi) is 2.51. The van der Waals surface area contributed by atoms with Crippen LogP contribution in [-0.2, 0) is 6.42 Å². The first kappa shape index (κ1) is 9.24. The minimum Gasteiger partial charge on any atom is -0.206 e. The molecular formula is C11H15F. The third-order valence-electron chi connectivity index (χ3n) is 2.49. The van der Waals surface area contributed by atoms with Gasteiger partial charge in [-0.2, -0.15) is 0 Å². The number of hydrogen-bond donors (Lipinski definition) is 0. The predicted octanol–water partition coefficient (Wildman–Crippen LogP) is 3.31. The highest BCUT2D eigenvalue weighted by Crippen LogP contribution is 2.20. The molecule has 1 rings (SSSR count).